The number of carbonyl (C=O) groups is 2. The van der Waals surface area contributed by atoms with Crippen LogP contribution in [0.1, 0.15) is 31.2 Å². The topological polar surface area (TPSA) is 102 Å². The first kappa shape index (κ1) is 19.8. The number of nitrogens with one attached hydrogen (secondary N) is 1. The fourth-order valence-corrected chi connectivity index (χ4v) is 2.23. The number of ether oxygens (including phenoxy) is 2. The third-order valence-electron chi connectivity index (χ3n) is 3.52. The molecule has 0 bridgehead atoms. The lowest BCUT2D eigenvalue weighted by Gasteiger charge is -2.11. The molecule has 1 aromatic heterocycles. The first-order chi connectivity index (χ1) is 13.0. The summed E-state index contributed by atoms with van der Waals surface area (Å²) in [6.45, 7) is 3.67. The van der Waals surface area contributed by atoms with E-state index in [2.05, 4.69) is 5.32 Å². The Morgan fingerprint density at radius 1 is 1.30 bits per heavy atom. The van der Waals surface area contributed by atoms with Gasteiger partial charge in [0.15, 0.2) is 6.61 Å². The molecule has 0 spiro atoms. The number of amides is 1. The van der Waals surface area contributed by atoms with E-state index in [9.17, 15) is 14.9 Å². The first-order valence-corrected chi connectivity index (χ1v) is 8.38. The predicted molar refractivity (Wildman–Crippen MR) is 97.4 cm³/mol. The number of furan rings is 1. The van der Waals surface area contributed by atoms with Crippen molar-refractivity contribution in [2.24, 2.45) is 0 Å². The smallest absolute Gasteiger partial charge is 0.349 e. The van der Waals surface area contributed by atoms with Crippen molar-refractivity contribution in [1.82, 2.24) is 5.32 Å². The van der Waals surface area contributed by atoms with E-state index in [-0.39, 0.29) is 11.6 Å². The van der Waals surface area contributed by atoms with Crippen LogP contribution in [0, 0.1) is 11.3 Å². The van der Waals surface area contributed by atoms with E-state index in [0.717, 1.165) is 0 Å². The van der Waals surface area contributed by atoms with Crippen molar-refractivity contribution in [2.75, 3.05) is 13.2 Å². The van der Waals surface area contributed by atoms with Crippen molar-refractivity contribution in [2.45, 2.75) is 19.9 Å². The molecule has 7 nitrogen and oxygen atoms in total. The minimum atomic E-state index is -0.868. The van der Waals surface area contributed by atoms with Gasteiger partial charge in [-0.25, -0.2) is 4.79 Å². The van der Waals surface area contributed by atoms with Gasteiger partial charge in [0.25, 0.3) is 5.91 Å². The monoisotopic (exact) mass is 368 g/mol. The minimum Gasteiger partial charge on any atom is -0.494 e. The summed E-state index contributed by atoms with van der Waals surface area (Å²) in [5.74, 6) is -0.0846. The van der Waals surface area contributed by atoms with Crippen molar-refractivity contribution < 1.29 is 23.5 Å². The Labute approximate surface area is 157 Å². The van der Waals surface area contributed by atoms with Crippen LogP contribution in [0.25, 0.3) is 6.08 Å². The molecule has 0 aliphatic heterocycles. The molecule has 0 unspecified atom stereocenters. The van der Waals surface area contributed by atoms with Gasteiger partial charge in [-0.3, -0.25) is 4.79 Å². The standard InChI is InChI=1S/C20H20N2O5/c1-3-25-17-8-6-15(7-9-17)11-16(12-21)20(24)27-13-19(23)22-14(2)18-5-4-10-26-18/h4-11,14H,3,13H2,1-2H3,(H,22,23)/b16-11+/t14-/m0/s1. The third-order valence-corrected chi connectivity index (χ3v) is 3.52. The number of benzene rings is 1. The van der Waals surface area contributed by atoms with Crippen LogP contribution in [-0.2, 0) is 14.3 Å². The third kappa shape index (κ3) is 6.04. The zero-order valence-electron chi connectivity index (χ0n) is 15.1. The number of hydrogen-bond donors (Lipinski definition) is 1. The zero-order valence-corrected chi connectivity index (χ0v) is 15.1. The highest BCUT2D eigenvalue weighted by molar-refractivity contribution is 5.98. The number of esters is 1. The second kappa shape index (κ2) is 9.82. The summed E-state index contributed by atoms with van der Waals surface area (Å²) in [4.78, 5) is 23.9. The van der Waals surface area contributed by atoms with E-state index in [1.165, 1.54) is 12.3 Å². The largest absolute Gasteiger partial charge is 0.494 e. The van der Waals surface area contributed by atoms with E-state index in [0.29, 0.717) is 23.7 Å². The van der Waals surface area contributed by atoms with Gasteiger partial charge in [0, 0.05) is 0 Å². The highest BCUT2D eigenvalue weighted by Crippen LogP contribution is 2.15. The predicted octanol–water partition coefficient (Wildman–Crippen LogP) is 3.01. The number of hydrogen-bond acceptors (Lipinski definition) is 6. The summed E-state index contributed by atoms with van der Waals surface area (Å²) in [5, 5.41) is 11.8. The molecule has 2 rings (SSSR count). The van der Waals surface area contributed by atoms with Crippen LogP contribution in [0.4, 0.5) is 0 Å². The molecule has 140 valence electrons. The Morgan fingerprint density at radius 3 is 2.63 bits per heavy atom. The Morgan fingerprint density at radius 2 is 2.04 bits per heavy atom. The molecular weight excluding hydrogens is 348 g/mol. The maximum atomic E-state index is 12.0. The van der Waals surface area contributed by atoms with Gasteiger partial charge in [0.1, 0.15) is 23.2 Å². The molecule has 1 aromatic carbocycles. The summed E-state index contributed by atoms with van der Waals surface area (Å²) in [7, 11) is 0. The molecule has 0 saturated heterocycles. The lowest BCUT2D eigenvalue weighted by atomic mass is 10.1. The maximum absolute atomic E-state index is 12.0. The SMILES string of the molecule is CCOc1ccc(/C=C(\C#N)C(=O)OCC(=O)N[C@@H](C)c2ccco2)cc1. The fraction of sp³-hybridized carbons (Fsp3) is 0.250. The van der Waals surface area contributed by atoms with Gasteiger partial charge in [-0.2, -0.15) is 5.26 Å². The molecule has 0 fully saturated rings. The lowest BCUT2D eigenvalue weighted by Crippen LogP contribution is -2.31. The number of nitriles is 1. The molecule has 0 saturated carbocycles. The highest BCUT2D eigenvalue weighted by Gasteiger charge is 2.16. The van der Waals surface area contributed by atoms with Gasteiger partial charge in [0.05, 0.1) is 18.9 Å². The van der Waals surface area contributed by atoms with Gasteiger partial charge in [-0.05, 0) is 49.8 Å². The molecule has 27 heavy (non-hydrogen) atoms. The minimum absolute atomic E-state index is 0.203. The Balaban J connectivity index is 1.90. The number of nitrogens with zero attached hydrogens (tertiary/aromatic N) is 1. The lowest BCUT2D eigenvalue weighted by molar-refractivity contribution is -0.144. The molecule has 1 N–H and O–H groups in total. The van der Waals surface area contributed by atoms with E-state index in [4.69, 9.17) is 13.9 Å². The highest BCUT2D eigenvalue weighted by atomic mass is 16.5. The Kier molecular flexibility index (Phi) is 7.20. The van der Waals surface area contributed by atoms with Crippen molar-refractivity contribution >= 4 is 18.0 Å². The second-order valence-corrected chi connectivity index (χ2v) is 5.55. The van der Waals surface area contributed by atoms with Crippen LogP contribution in [0.3, 0.4) is 0 Å². The van der Waals surface area contributed by atoms with Gasteiger partial charge < -0.3 is 19.2 Å². The van der Waals surface area contributed by atoms with Gasteiger partial charge in [-0.15, -0.1) is 0 Å². The van der Waals surface area contributed by atoms with E-state index in [1.807, 2.05) is 6.92 Å². The Bertz CT molecular complexity index is 832. The van der Waals surface area contributed by atoms with Crippen LogP contribution >= 0.6 is 0 Å². The zero-order chi connectivity index (χ0) is 19.6. The van der Waals surface area contributed by atoms with E-state index in [1.54, 1.807) is 49.4 Å². The van der Waals surface area contributed by atoms with Crippen molar-refractivity contribution in [1.29, 1.82) is 5.26 Å². The van der Waals surface area contributed by atoms with E-state index < -0.39 is 18.5 Å². The Hall–Kier alpha value is -3.53. The van der Waals surface area contributed by atoms with Gasteiger partial charge >= 0.3 is 5.97 Å². The molecule has 0 aliphatic carbocycles. The summed E-state index contributed by atoms with van der Waals surface area (Å²) >= 11 is 0. The van der Waals surface area contributed by atoms with Crippen LogP contribution < -0.4 is 10.1 Å². The molecule has 0 radical (unpaired) electrons. The van der Waals surface area contributed by atoms with Crippen LogP contribution in [0.2, 0.25) is 0 Å². The molecule has 1 heterocycles. The number of rotatable bonds is 8. The summed E-state index contributed by atoms with van der Waals surface area (Å²) < 4.78 is 15.4. The van der Waals surface area contributed by atoms with Crippen molar-refractivity contribution in [3.63, 3.8) is 0 Å². The van der Waals surface area contributed by atoms with Crippen molar-refractivity contribution in [3.8, 4) is 11.8 Å². The number of carbonyl (C=O) groups excluding carboxylic acids is 2. The summed E-state index contributed by atoms with van der Waals surface area (Å²) in [5.41, 5.74) is 0.439. The second-order valence-electron chi connectivity index (χ2n) is 5.55. The molecule has 1 amide bonds. The van der Waals surface area contributed by atoms with Gasteiger partial charge in [0.2, 0.25) is 0 Å². The van der Waals surface area contributed by atoms with Gasteiger partial charge in [-0.1, -0.05) is 12.1 Å². The molecule has 1 atom stereocenters. The molecule has 7 heteroatoms. The maximum Gasteiger partial charge on any atom is 0.349 e. The average molecular weight is 368 g/mol. The van der Waals surface area contributed by atoms with Crippen LogP contribution in [-0.4, -0.2) is 25.1 Å². The fourth-order valence-electron chi connectivity index (χ4n) is 2.23. The molecule has 2 aromatic rings. The summed E-state index contributed by atoms with van der Waals surface area (Å²) in [6.07, 6.45) is 2.89. The van der Waals surface area contributed by atoms with E-state index >= 15 is 0 Å². The molecular formula is C20H20N2O5. The van der Waals surface area contributed by atoms with Crippen molar-refractivity contribution in [3.05, 3.63) is 59.6 Å². The first-order valence-electron chi connectivity index (χ1n) is 8.38. The molecule has 0 aliphatic rings. The van der Waals surface area contributed by atoms with Crippen LogP contribution in [0.15, 0.2) is 52.7 Å². The normalized spacial score (nSPS) is 12.0. The van der Waals surface area contributed by atoms with Crippen LogP contribution in [0.5, 0.6) is 5.75 Å². The summed E-state index contributed by atoms with van der Waals surface area (Å²) in [6, 6.07) is 11.8. The quantitative estimate of drug-likeness (QED) is 0.437. The average Bonchev–Trinajstić information content (AvgIpc) is 3.20.